The van der Waals surface area contributed by atoms with Gasteiger partial charge in [0.25, 0.3) is 0 Å². The maximum absolute atomic E-state index is 11.6. The van der Waals surface area contributed by atoms with E-state index in [-0.39, 0.29) is 5.75 Å². The van der Waals surface area contributed by atoms with Gasteiger partial charge in [-0.15, -0.1) is 0 Å². The number of benzene rings is 1. The smallest absolute Gasteiger partial charge is 0.182 e. The molecule has 0 saturated carbocycles. The van der Waals surface area contributed by atoms with E-state index in [1.54, 1.807) is 18.2 Å². The second-order valence-corrected chi connectivity index (χ2v) is 5.36. The number of hydrogen-bond acceptors (Lipinski definition) is 4. The summed E-state index contributed by atoms with van der Waals surface area (Å²) in [5.41, 5.74) is 7.09. The highest BCUT2D eigenvalue weighted by Gasteiger charge is 2.22. The molecule has 1 aliphatic heterocycles. The SMILES string of the molecule is NCc1ccc2c(c1)NCCS2(=O)=O. The van der Waals surface area contributed by atoms with Crippen LogP contribution in [0, 0.1) is 0 Å². The van der Waals surface area contributed by atoms with Gasteiger partial charge in [-0.3, -0.25) is 0 Å². The van der Waals surface area contributed by atoms with Gasteiger partial charge < -0.3 is 11.1 Å². The number of sulfone groups is 1. The molecule has 2 rings (SSSR count). The molecule has 1 aromatic rings. The lowest BCUT2D eigenvalue weighted by molar-refractivity contribution is 0.595. The molecule has 0 aromatic heterocycles. The van der Waals surface area contributed by atoms with Crippen molar-refractivity contribution in [3.8, 4) is 0 Å². The molecule has 1 heterocycles. The van der Waals surface area contributed by atoms with E-state index in [1.807, 2.05) is 0 Å². The van der Waals surface area contributed by atoms with Crippen LogP contribution in [0.1, 0.15) is 5.56 Å². The predicted molar refractivity (Wildman–Crippen MR) is 54.9 cm³/mol. The summed E-state index contributed by atoms with van der Waals surface area (Å²) in [5, 5.41) is 3.06. The van der Waals surface area contributed by atoms with Crippen LogP contribution < -0.4 is 11.1 Å². The van der Waals surface area contributed by atoms with Crippen molar-refractivity contribution >= 4 is 15.5 Å². The van der Waals surface area contributed by atoms with E-state index >= 15 is 0 Å². The number of hydrogen-bond donors (Lipinski definition) is 2. The zero-order valence-corrected chi connectivity index (χ0v) is 8.47. The Bertz CT molecular complexity index is 454. The van der Waals surface area contributed by atoms with Gasteiger partial charge in [0.1, 0.15) is 0 Å². The summed E-state index contributed by atoms with van der Waals surface area (Å²) in [4.78, 5) is 0.390. The van der Waals surface area contributed by atoms with Crippen molar-refractivity contribution in [3.05, 3.63) is 23.8 Å². The molecule has 5 heteroatoms. The molecule has 0 unspecified atom stereocenters. The highest BCUT2D eigenvalue weighted by molar-refractivity contribution is 7.91. The highest BCUT2D eigenvalue weighted by atomic mass is 32.2. The van der Waals surface area contributed by atoms with Crippen molar-refractivity contribution in [2.75, 3.05) is 17.6 Å². The average molecular weight is 212 g/mol. The molecule has 0 amide bonds. The fourth-order valence-electron chi connectivity index (χ4n) is 1.54. The van der Waals surface area contributed by atoms with Crippen LogP contribution in [-0.2, 0) is 16.4 Å². The van der Waals surface area contributed by atoms with Gasteiger partial charge in [0.15, 0.2) is 9.84 Å². The van der Waals surface area contributed by atoms with Crippen molar-refractivity contribution in [2.24, 2.45) is 5.73 Å². The Morgan fingerprint density at radius 1 is 1.43 bits per heavy atom. The lowest BCUT2D eigenvalue weighted by Gasteiger charge is -2.18. The van der Waals surface area contributed by atoms with Gasteiger partial charge in [0, 0.05) is 13.1 Å². The van der Waals surface area contributed by atoms with Crippen molar-refractivity contribution in [2.45, 2.75) is 11.4 Å². The van der Waals surface area contributed by atoms with E-state index in [9.17, 15) is 8.42 Å². The highest BCUT2D eigenvalue weighted by Crippen LogP contribution is 2.26. The third-order valence-electron chi connectivity index (χ3n) is 2.30. The molecule has 3 N–H and O–H groups in total. The Balaban J connectivity index is 2.58. The maximum atomic E-state index is 11.6. The molecule has 0 fully saturated rings. The van der Waals surface area contributed by atoms with Crippen LogP contribution in [0.2, 0.25) is 0 Å². The van der Waals surface area contributed by atoms with E-state index in [4.69, 9.17) is 5.73 Å². The third-order valence-corrected chi connectivity index (χ3v) is 4.07. The number of nitrogens with one attached hydrogen (secondary N) is 1. The third kappa shape index (κ3) is 1.49. The molecule has 76 valence electrons. The summed E-state index contributed by atoms with van der Waals surface area (Å²) in [7, 11) is -3.07. The van der Waals surface area contributed by atoms with E-state index in [1.165, 1.54) is 0 Å². The van der Waals surface area contributed by atoms with Crippen LogP contribution in [0.5, 0.6) is 0 Å². The zero-order chi connectivity index (χ0) is 10.2. The Hall–Kier alpha value is -1.07. The van der Waals surface area contributed by atoms with Gasteiger partial charge in [-0.05, 0) is 17.7 Å². The zero-order valence-electron chi connectivity index (χ0n) is 7.66. The second-order valence-electron chi connectivity index (χ2n) is 3.28. The Kier molecular flexibility index (Phi) is 2.20. The molecule has 0 radical (unpaired) electrons. The van der Waals surface area contributed by atoms with Gasteiger partial charge in [-0.25, -0.2) is 8.42 Å². The van der Waals surface area contributed by atoms with E-state index < -0.39 is 9.84 Å². The minimum absolute atomic E-state index is 0.169. The van der Waals surface area contributed by atoms with Crippen molar-refractivity contribution in [3.63, 3.8) is 0 Å². The number of rotatable bonds is 1. The molecule has 0 saturated heterocycles. The minimum Gasteiger partial charge on any atom is -0.383 e. The summed E-state index contributed by atoms with van der Waals surface area (Å²) in [5.74, 6) is 0.169. The Labute approximate surface area is 83.0 Å². The van der Waals surface area contributed by atoms with Gasteiger partial charge >= 0.3 is 0 Å². The summed E-state index contributed by atoms with van der Waals surface area (Å²) in [6.45, 7) is 0.901. The number of nitrogens with two attached hydrogens (primary N) is 1. The van der Waals surface area contributed by atoms with Gasteiger partial charge in [-0.2, -0.15) is 0 Å². The molecular weight excluding hydrogens is 200 g/mol. The van der Waals surface area contributed by atoms with Gasteiger partial charge in [0.05, 0.1) is 16.3 Å². The molecule has 1 aliphatic rings. The first-order valence-electron chi connectivity index (χ1n) is 4.43. The number of anilines is 1. The molecule has 0 atom stereocenters. The largest absolute Gasteiger partial charge is 0.383 e. The first kappa shape index (κ1) is 9.48. The maximum Gasteiger partial charge on any atom is 0.182 e. The van der Waals surface area contributed by atoms with Crippen LogP contribution in [-0.4, -0.2) is 20.7 Å². The van der Waals surface area contributed by atoms with Crippen LogP contribution in [0.15, 0.2) is 23.1 Å². The second kappa shape index (κ2) is 3.25. The molecular formula is C9H12N2O2S. The Morgan fingerprint density at radius 3 is 2.93 bits per heavy atom. The van der Waals surface area contributed by atoms with Crippen LogP contribution in [0.4, 0.5) is 5.69 Å². The molecule has 1 aromatic carbocycles. The quantitative estimate of drug-likeness (QED) is 0.704. The normalized spacial score (nSPS) is 18.4. The number of fused-ring (bicyclic) bond motifs is 1. The van der Waals surface area contributed by atoms with E-state index in [0.717, 1.165) is 5.56 Å². The van der Waals surface area contributed by atoms with Crippen LogP contribution in [0.3, 0.4) is 0 Å². The predicted octanol–water partition coefficient (Wildman–Crippen LogP) is 0.344. The fraction of sp³-hybridized carbons (Fsp3) is 0.333. The minimum atomic E-state index is -3.07. The summed E-state index contributed by atoms with van der Waals surface area (Å²) >= 11 is 0. The van der Waals surface area contributed by atoms with Gasteiger partial charge in [0.2, 0.25) is 0 Å². The lowest BCUT2D eigenvalue weighted by Crippen LogP contribution is -2.23. The van der Waals surface area contributed by atoms with Crippen molar-refractivity contribution in [1.82, 2.24) is 0 Å². The van der Waals surface area contributed by atoms with Gasteiger partial charge in [-0.1, -0.05) is 6.07 Å². The molecule has 0 aliphatic carbocycles. The van der Waals surface area contributed by atoms with E-state index in [0.29, 0.717) is 23.7 Å². The van der Waals surface area contributed by atoms with Crippen molar-refractivity contribution in [1.29, 1.82) is 0 Å². The molecule has 14 heavy (non-hydrogen) atoms. The van der Waals surface area contributed by atoms with E-state index in [2.05, 4.69) is 5.32 Å². The fourth-order valence-corrected chi connectivity index (χ4v) is 2.88. The first-order valence-corrected chi connectivity index (χ1v) is 6.08. The summed E-state index contributed by atoms with van der Waals surface area (Å²) in [6.07, 6.45) is 0. The first-order chi connectivity index (χ1) is 6.63. The summed E-state index contributed by atoms with van der Waals surface area (Å²) in [6, 6.07) is 5.18. The standard InChI is InChI=1S/C9H12N2O2S/c10-6-7-1-2-9-8(5-7)11-3-4-14(9,12)13/h1-2,5,11H,3-4,6,10H2. The van der Waals surface area contributed by atoms with Crippen LogP contribution >= 0.6 is 0 Å². The molecule has 0 bridgehead atoms. The lowest BCUT2D eigenvalue weighted by atomic mass is 10.2. The summed E-state index contributed by atoms with van der Waals surface area (Å²) < 4.78 is 23.2. The average Bonchev–Trinajstić information content (AvgIpc) is 2.16. The molecule has 4 nitrogen and oxygen atoms in total. The monoisotopic (exact) mass is 212 g/mol. The topological polar surface area (TPSA) is 72.2 Å². The van der Waals surface area contributed by atoms with Crippen molar-refractivity contribution < 1.29 is 8.42 Å². The molecule has 0 spiro atoms. The Morgan fingerprint density at radius 2 is 2.21 bits per heavy atom. The van der Waals surface area contributed by atoms with Crippen LogP contribution in [0.25, 0.3) is 0 Å².